The Morgan fingerprint density at radius 3 is 2.69 bits per heavy atom. The largest absolute Gasteiger partial charge is 0.481 e. The number of aliphatic carboxylic acids is 1. The first-order valence-electron chi connectivity index (χ1n) is 5.88. The fraction of sp³-hybridized carbons (Fsp3) is 0.667. The van der Waals surface area contributed by atoms with Gasteiger partial charge in [0.05, 0.1) is 5.69 Å². The second-order valence-corrected chi connectivity index (χ2v) is 4.67. The minimum absolute atomic E-state index is 0.533. The number of nitrogens with one attached hydrogen (secondary N) is 1. The zero-order valence-electron chi connectivity index (χ0n) is 9.79. The van der Waals surface area contributed by atoms with Gasteiger partial charge in [0.2, 0.25) is 0 Å². The van der Waals surface area contributed by atoms with Gasteiger partial charge in [-0.2, -0.15) is 0 Å². The summed E-state index contributed by atoms with van der Waals surface area (Å²) < 4.78 is 0. The van der Waals surface area contributed by atoms with Gasteiger partial charge in [0, 0.05) is 11.6 Å². The van der Waals surface area contributed by atoms with Gasteiger partial charge < -0.3 is 10.1 Å². The quantitative estimate of drug-likeness (QED) is 0.826. The lowest BCUT2D eigenvalue weighted by molar-refractivity contribution is -0.138. The second kappa shape index (κ2) is 4.28. The zero-order valence-corrected chi connectivity index (χ0v) is 9.79. The third-order valence-electron chi connectivity index (χ3n) is 3.46. The van der Waals surface area contributed by atoms with Gasteiger partial charge in [0.15, 0.2) is 0 Å². The van der Waals surface area contributed by atoms with Crippen molar-refractivity contribution in [3.05, 3.63) is 17.2 Å². The number of hydrogen-bond donors (Lipinski definition) is 2. The van der Waals surface area contributed by atoms with Crippen LogP contribution in [0.5, 0.6) is 0 Å². The Kier molecular flexibility index (Phi) is 2.99. The average Bonchev–Trinajstić information content (AvgIpc) is 2.84. The van der Waals surface area contributed by atoms with Gasteiger partial charge in [0.25, 0.3) is 0 Å². The van der Waals surface area contributed by atoms with Crippen molar-refractivity contribution in [2.24, 2.45) is 0 Å². The van der Waals surface area contributed by atoms with Crippen molar-refractivity contribution in [1.29, 1.82) is 0 Å². The summed E-state index contributed by atoms with van der Waals surface area (Å²) >= 11 is 0. The number of H-pyrrole nitrogens is 1. The molecule has 0 spiro atoms. The van der Waals surface area contributed by atoms with Gasteiger partial charge in [0.1, 0.15) is 11.7 Å². The molecule has 2 rings (SSSR count). The van der Waals surface area contributed by atoms with Crippen molar-refractivity contribution >= 4 is 5.97 Å². The molecule has 4 heteroatoms. The number of rotatable bonds is 3. The van der Waals surface area contributed by atoms with E-state index in [1.54, 1.807) is 6.92 Å². The smallest absolute Gasteiger partial charge is 0.313 e. The Bertz CT molecular complexity index is 392. The first-order chi connectivity index (χ1) is 7.59. The lowest BCUT2D eigenvalue weighted by Crippen LogP contribution is -2.09. The van der Waals surface area contributed by atoms with Crippen LogP contribution in [0.1, 0.15) is 61.7 Å². The highest BCUT2D eigenvalue weighted by atomic mass is 16.4. The normalized spacial score (nSPS) is 18.9. The summed E-state index contributed by atoms with van der Waals surface area (Å²) in [6, 6.07) is 0. The molecule has 1 aliphatic rings. The minimum atomic E-state index is -0.827. The SMILES string of the molecule is Cc1[nH]c(C(C)C(=O)O)nc1C1CCCC1. The molecule has 1 aromatic heterocycles. The van der Waals surface area contributed by atoms with Crippen LogP contribution in [0.15, 0.2) is 0 Å². The van der Waals surface area contributed by atoms with E-state index in [2.05, 4.69) is 9.97 Å². The van der Waals surface area contributed by atoms with E-state index in [1.807, 2.05) is 6.92 Å². The third-order valence-corrected chi connectivity index (χ3v) is 3.46. The van der Waals surface area contributed by atoms with Gasteiger partial charge in [-0.3, -0.25) is 4.79 Å². The predicted molar refractivity (Wildman–Crippen MR) is 60.6 cm³/mol. The molecular weight excluding hydrogens is 204 g/mol. The van der Waals surface area contributed by atoms with Gasteiger partial charge in [-0.15, -0.1) is 0 Å². The van der Waals surface area contributed by atoms with E-state index in [4.69, 9.17) is 5.11 Å². The molecule has 16 heavy (non-hydrogen) atoms. The number of aromatic nitrogens is 2. The van der Waals surface area contributed by atoms with Crippen LogP contribution < -0.4 is 0 Å². The van der Waals surface area contributed by atoms with Crippen LogP contribution in [-0.4, -0.2) is 21.0 Å². The highest BCUT2D eigenvalue weighted by molar-refractivity contribution is 5.74. The van der Waals surface area contributed by atoms with Crippen LogP contribution >= 0.6 is 0 Å². The van der Waals surface area contributed by atoms with Crippen molar-refractivity contribution in [2.45, 2.75) is 51.4 Å². The van der Waals surface area contributed by atoms with Crippen molar-refractivity contribution < 1.29 is 9.90 Å². The van der Waals surface area contributed by atoms with E-state index >= 15 is 0 Å². The average molecular weight is 222 g/mol. The molecule has 0 amide bonds. The van der Waals surface area contributed by atoms with Gasteiger partial charge >= 0.3 is 5.97 Å². The number of hydrogen-bond acceptors (Lipinski definition) is 2. The van der Waals surface area contributed by atoms with Crippen molar-refractivity contribution in [1.82, 2.24) is 9.97 Å². The zero-order chi connectivity index (χ0) is 11.7. The Labute approximate surface area is 95.1 Å². The highest BCUT2D eigenvalue weighted by Gasteiger charge is 2.25. The van der Waals surface area contributed by atoms with Crippen LogP contribution in [0.3, 0.4) is 0 Å². The molecule has 88 valence electrons. The van der Waals surface area contributed by atoms with Crippen LogP contribution in [-0.2, 0) is 4.79 Å². The number of carbonyl (C=O) groups is 1. The van der Waals surface area contributed by atoms with Crippen LogP contribution in [0.25, 0.3) is 0 Å². The van der Waals surface area contributed by atoms with E-state index < -0.39 is 11.9 Å². The monoisotopic (exact) mass is 222 g/mol. The molecule has 2 N–H and O–H groups in total. The summed E-state index contributed by atoms with van der Waals surface area (Å²) in [6.45, 7) is 3.65. The standard InChI is InChI=1S/C12H18N2O2/c1-7(12(15)16)11-13-8(2)10(14-11)9-5-3-4-6-9/h7,9H,3-6H2,1-2H3,(H,13,14)(H,15,16). The second-order valence-electron chi connectivity index (χ2n) is 4.67. The topological polar surface area (TPSA) is 66.0 Å². The van der Waals surface area contributed by atoms with Crippen LogP contribution in [0.4, 0.5) is 0 Å². The lowest BCUT2D eigenvalue weighted by Gasteiger charge is -2.05. The van der Waals surface area contributed by atoms with Gasteiger partial charge in [-0.1, -0.05) is 12.8 Å². The molecule has 1 atom stereocenters. The van der Waals surface area contributed by atoms with Gasteiger partial charge in [-0.05, 0) is 26.7 Å². The molecule has 0 aliphatic heterocycles. The Hall–Kier alpha value is -1.32. The first-order valence-corrected chi connectivity index (χ1v) is 5.88. The van der Waals surface area contributed by atoms with E-state index in [0.717, 1.165) is 11.4 Å². The maximum Gasteiger partial charge on any atom is 0.313 e. The summed E-state index contributed by atoms with van der Waals surface area (Å²) in [7, 11) is 0. The van der Waals surface area contributed by atoms with Crippen LogP contribution in [0.2, 0.25) is 0 Å². The van der Waals surface area contributed by atoms with Crippen LogP contribution in [0, 0.1) is 6.92 Å². The van der Waals surface area contributed by atoms with Crippen molar-refractivity contribution in [3.63, 3.8) is 0 Å². The number of aryl methyl sites for hydroxylation is 1. The molecule has 0 radical (unpaired) electrons. The molecule has 1 unspecified atom stereocenters. The van der Waals surface area contributed by atoms with E-state index in [0.29, 0.717) is 11.7 Å². The molecular formula is C12H18N2O2. The molecule has 0 saturated heterocycles. The van der Waals surface area contributed by atoms with E-state index in [1.165, 1.54) is 25.7 Å². The predicted octanol–water partition coefficient (Wildman–Crippen LogP) is 2.56. The molecule has 1 saturated carbocycles. The fourth-order valence-corrected chi connectivity index (χ4v) is 2.42. The lowest BCUT2D eigenvalue weighted by atomic mass is 10.0. The maximum absolute atomic E-state index is 10.9. The molecule has 1 fully saturated rings. The Balaban J connectivity index is 2.24. The highest BCUT2D eigenvalue weighted by Crippen LogP contribution is 2.35. The Morgan fingerprint density at radius 2 is 2.12 bits per heavy atom. The molecule has 1 aromatic rings. The number of aromatic amines is 1. The van der Waals surface area contributed by atoms with E-state index in [-0.39, 0.29) is 0 Å². The van der Waals surface area contributed by atoms with Crippen molar-refractivity contribution in [3.8, 4) is 0 Å². The molecule has 0 aromatic carbocycles. The molecule has 1 aliphatic carbocycles. The number of carboxylic acids is 1. The number of carboxylic acid groups (broad SMARTS) is 1. The van der Waals surface area contributed by atoms with E-state index in [9.17, 15) is 4.79 Å². The summed E-state index contributed by atoms with van der Waals surface area (Å²) in [5, 5.41) is 8.94. The summed E-state index contributed by atoms with van der Waals surface area (Å²) in [5.41, 5.74) is 2.12. The molecule has 4 nitrogen and oxygen atoms in total. The molecule has 0 bridgehead atoms. The third kappa shape index (κ3) is 1.96. The van der Waals surface area contributed by atoms with Crippen molar-refractivity contribution in [2.75, 3.05) is 0 Å². The summed E-state index contributed by atoms with van der Waals surface area (Å²) in [4.78, 5) is 18.5. The first kappa shape index (κ1) is 11.2. The summed E-state index contributed by atoms with van der Waals surface area (Å²) in [6.07, 6.45) is 4.90. The minimum Gasteiger partial charge on any atom is -0.481 e. The Morgan fingerprint density at radius 1 is 1.50 bits per heavy atom. The molecule has 1 heterocycles. The fourth-order valence-electron chi connectivity index (χ4n) is 2.42. The summed E-state index contributed by atoms with van der Waals surface area (Å²) in [5.74, 6) is -0.251. The maximum atomic E-state index is 10.9. The number of imidazole rings is 1. The number of nitrogens with zero attached hydrogens (tertiary/aromatic N) is 1. The van der Waals surface area contributed by atoms with Gasteiger partial charge in [-0.25, -0.2) is 4.98 Å².